The van der Waals surface area contributed by atoms with Gasteiger partial charge in [0.15, 0.2) is 0 Å². The highest BCUT2D eigenvalue weighted by Crippen LogP contribution is 2.32. The molecule has 2 atom stereocenters. The maximum Gasteiger partial charge on any atom is 0.329 e. The maximum atomic E-state index is 12.0. The zero-order valence-corrected chi connectivity index (χ0v) is 11.8. The van der Waals surface area contributed by atoms with Crippen molar-refractivity contribution in [2.75, 3.05) is 13.1 Å². The van der Waals surface area contributed by atoms with Gasteiger partial charge in [0.2, 0.25) is 5.91 Å². The van der Waals surface area contributed by atoms with Crippen LogP contribution in [0.4, 0.5) is 4.79 Å². The van der Waals surface area contributed by atoms with Crippen LogP contribution in [0.15, 0.2) is 0 Å². The molecule has 21 heavy (non-hydrogen) atoms. The van der Waals surface area contributed by atoms with E-state index in [0.717, 1.165) is 17.7 Å². The van der Waals surface area contributed by atoms with Crippen molar-refractivity contribution in [2.24, 2.45) is 5.92 Å². The van der Waals surface area contributed by atoms with Crippen molar-refractivity contribution >= 4 is 23.8 Å². The molecule has 8 heteroatoms. The highest BCUT2D eigenvalue weighted by Gasteiger charge is 2.43. The van der Waals surface area contributed by atoms with E-state index in [0.29, 0.717) is 12.8 Å². The van der Waals surface area contributed by atoms with Crippen LogP contribution in [-0.4, -0.2) is 52.4 Å². The molecule has 1 aliphatic heterocycles. The number of hydrogen-bond donors (Lipinski definition) is 3. The summed E-state index contributed by atoms with van der Waals surface area (Å²) in [4.78, 5) is 47.2. The summed E-state index contributed by atoms with van der Waals surface area (Å²) in [6.07, 6.45) is 2.36. The molecule has 2 aliphatic rings. The normalized spacial score (nSPS) is 29.2. The van der Waals surface area contributed by atoms with Crippen molar-refractivity contribution in [3.63, 3.8) is 0 Å². The summed E-state index contributed by atoms with van der Waals surface area (Å²) >= 11 is 0. The fourth-order valence-corrected chi connectivity index (χ4v) is 2.98. The molecular weight excluding hydrogens is 278 g/mol. The summed E-state index contributed by atoms with van der Waals surface area (Å²) in [5, 5.41) is 14.3. The van der Waals surface area contributed by atoms with Gasteiger partial charge in [-0.1, -0.05) is 19.8 Å². The molecule has 0 aromatic rings. The minimum absolute atomic E-state index is 0.132. The highest BCUT2D eigenvalue weighted by molar-refractivity contribution is 6.04. The van der Waals surface area contributed by atoms with Crippen molar-refractivity contribution in [1.29, 1.82) is 0 Å². The molecule has 0 spiro atoms. The van der Waals surface area contributed by atoms with E-state index in [1.54, 1.807) is 0 Å². The summed E-state index contributed by atoms with van der Waals surface area (Å²) in [5.41, 5.74) is -1.30. The van der Waals surface area contributed by atoms with E-state index in [-0.39, 0.29) is 12.5 Å². The lowest BCUT2D eigenvalue weighted by atomic mass is 9.76. The predicted molar refractivity (Wildman–Crippen MR) is 71.3 cm³/mol. The summed E-state index contributed by atoms with van der Waals surface area (Å²) in [7, 11) is 0. The molecule has 8 nitrogen and oxygen atoms in total. The molecule has 0 radical (unpaired) electrons. The molecule has 2 fully saturated rings. The summed E-state index contributed by atoms with van der Waals surface area (Å²) < 4.78 is 0. The lowest BCUT2D eigenvalue weighted by molar-refractivity contribution is -0.150. The zero-order chi connectivity index (χ0) is 15.6. The van der Waals surface area contributed by atoms with E-state index in [9.17, 15) is 24.3 Å². The molecule has 0 aromatic heterocycles. The largest absolute Gasteiger partial charge is 0.480 e. The topological polar surface area (TPSA) is 116 Å². The Kier molecular flexibility index (Phi) is 4.15. The van der Waals surface area contributed by atoms with Crippen LogP contribution < -0.4 is 10.6 Å². The minimum atomic E-state index is -1.30. The van der Waals surface area contributed by atoms with Crippen LogP contribution in [0.1, 0.15) is 32.6 Å². The van der Waals surface area contributed by atoms with Crippen molar-refractivity contribution in [3.05, 3.63) is 0 Å². The average molecular weight is 297 g/mol. The van der Waals surface area contributed by atoms with Crippen molar-refractivity contribution in [3.8, 4) is 0 Å². The Morgan fingerprint density at radius 3 is 2.71 bits per heavy atom. The van der Waals surface area contributed by atoms with Gasteiger partial charge in [0.1, 0.15) is 12.1 Å². The van der Waals surface area contributed by atoms with E-state index >= 15 is 0 Å². The monoisotopic (exact) mass is 297 g/mol. The number of amides is 4. The van der Waals surface area contributed by atoms with Crippen LogP contribution in [0.5, 0.6) is 0 Å². The van der Waals surface area contributed by atoms with Gasteiger partial charge in [-0.15, -0.1) is 0 Å². The van der Waals surface area contributed by atoms with E-state index in [1.165, 1.54) is 0 Å². The van der Waals surface area contributed by atoms with Crippen LogP contribution in [0, 0.1) is 5.92 Å². The number of imide groups is 1. The van der Waals surface area contributed by atoms with Gasteiger partial charge >= 0.3 is 12.0 Å². The Balaban J connectivity index is 2.03. The minimum Gasteiger partial charge on any atom is -0.480 e. The standard InChI is InChI=1S/C13H19N3O5/c1-8-3-2-4-13(5-8,11(19)20)15-9(17)7-16-10(18)6-14-12(16)21/h8H,2-7H2,1H3,(H,14,21)(H,15,17)(H,19,20). The van der Waals surface area contributed by atoms with Gasteiger partial charge in [-0.2, -0.15) is 0 Å². The SMILES string of the molecule is CC1CCCC(NC(=O)CN2C(=O)CNC2=O)(C(=O)O)C1. The molecule has 3 N–H and O–H groups in total. The predicted octanol–water partition coefficient (Wildman–Crippen LogP) is -0.312. The van der Waals surface area contributed by atoms with Gasteiger partial charge in [-0.05, 0) is 18.8 Å². The van der Waals surface area contributed by atoms with E-state index < -0.39 is 35.9 Å². The van der Waals surface area contributed by atoms with Crippen LogP contribution in [0.3, 0.4) is 0 Å². The number of rotatable bonds is 4. The second-order valence-electron chi connectivity index (χ2n) is 5.78. The molecule has 2 rings (SSSR count). The highest BCUT2D eigenvalue weighted by atomic mass is 16.4. The van der Waals surface area contributed by atoms with Gasteiger partial charge in [0, 0.05) is 0 Å². The van der Waals surface area contributed by atoms with E-state index in [1.807, 2.05) is 6.92 Å². The van der Waals surface area contributed by atoms with Crippen LogP contribution in [0.25, 0.3) is 0 Å². The Bertz CT molecular complexity index is 476. The number of carboxylic acids is 1. The molecule has 1 saturated carbocycles. The van der Waals surface area contributed by atoms with Gasteiger partial charge in [-0.3, -0.25) is 14.5 Å². The third-order valence-electron chi connectivity index (χ3n) is 4.02. The Morgan fingerprint density at radius 2 is 2.19 bits per heavy atom. The molecule has 2 unspecified atom stereocenters. The number of carbonyl (C=O) groups is 4. The van der Waals surface area contributed by atoms with Gasteiger partial charge in [0.25, 0.3) is 5.91 Å². The first-order valence-electron chi connectivity index (χ1n) is 6.97. The second-order valence-corrected chi connectivity index (χ2v) is 5.78. The molecule has 1 heterocycles. The fraction of sp³-hybridized carbons (Fsp3) is 0.692. The first kappa shape index (κ1) is 15.3. The number of urea groups is 1. The quantitative estimate of drug-likeness (QED) is 0.615. The molecule has 1 saturated heterocycles. The molecule has 4 amide bonds. The fourth-order valence-electron chi connectivity index (χ4n) is 2.98. The Labute approximate surface area is 121 Å². The van der Waals surface area contributed by atoms with E-state index in [4.69, 9.17) is 0 Å². The van der Waals surface area contributed by atoms with Crippen LogP contribution in [0.2, 0.25) is 0 Å². The Morgan fingerprint density at radius 1 is 1.48 bits per heavy atom. The van der Waals surface area contributed by atoms with Crippen molar-refractivity contribution in [1.82, 2.24) is 15.5 Å². The third kappa shape index (κ3) is 3.14. The number of aliphatic carboxylic acids is 1. The number of nitrogens with zero attached hydrogens (tertiary/aromatic N) is 1. The first-order valence-corrected chi connectivity index (χ1v) is 6.97. The van der Waals surface area contributed by atoms with Crippen LogP contribution in [-0.2, 0) is 14.4 Å². The lowest BCUT2D eigenvalue weighted by Crippen LogP contribution is -2.58. The number of carboxylic acid groups (broad SMARTS) is 1. The summed E-state index contributed by atoms with van der Waals surface area (Å²) in [5.74, 6) is -1.99. The van der Waals surface area contributed by atoms with Crippen LogP contribution >= 0.6 is 0 Å². The second kappa shape index (κ2) is 5.71. The lowest BCUT2D eigenvalue weighted by Gasteiger charge is -2.37. The smallest absolute Gasteiger partial charge is 0.329 e. The summed E-state index contributed by atoms with van der Waals surface area (Å²) in [6.45, 7) is 1.36. The Hall–Kier alpha value is -2.12. The molecule has 0 bridgehead atoms. The van der Waals surface area contributed by atoms with Gasteiger partial charge in [-0.25, -0.2) is 9.59 Å². The number of carbonyl (C=O) groups excluding carboxylic acids is 3. The number of nitrogens with one attached hydrogen (secondary N) is 2. The number of hydrogen-bond acceptors (Lipinski definition) is 4. The first-order chi connectivity index (χ1) is 9.84. The third-order valence-corrected chi connectivity index (χ3v) is 4.02. The van der Waals surface area contributed by atoms with Gasteiger partial charge < -0.3 is 15.7 Å². The molecule has 0 aromatic carbocycles. The van der Waals surface area contributed by atoms with Gasteiger partial charge in [0.05, 0.1) is 6.54 Å². The van der Waals surface area contributed by atoms with E-state index in [2.05, 4.69) is 10.6 Å². The molecular formula is C13H19N3O5. The maximum absolute atomic E-state index is 12.0. The molecule has 116 valence electrons. The summed E-state index contributed by atoms with van der Waals surface area (Å²) in [6, 6.07) is -0.628. The van der Waals surface area contributed by atoms with Crippen molar-refractivity contribution in [2.45, 2.75) is 38.1 Å². The average Bonchev–Trinajstić information content (AvgIpc) is 2.70. The van der Waals surface area contributed by atoms with Crippen molar-refractivity contribution < 1.29 is 24.3 Å². The molecule has 1 aliphatic carbocycles. The zero-order valence-electron chi connectivity index (χ0n) is 11.8.